The fourth-order valence-corrected chi connectivity index (χ4v) is 2.53. The number of nitrogens with one attached hydrogen (secondary N) is 1. The molecule has 8 heteroatoms. The Morgan fingerprint density at radius 3 is 2.13 bits per heavy atom. The zero-order valence-corrected chi connectivity index (χ0v) is 14.2. The van der Waals surface area contributed by atoms with E-state index >= 15 is 0 Å². The van der Waals surface area contributed by atoms with E-state index in [2.05, 4.69) is 5.32 Å². The van der Waals surface area contributed by atoms with Crippen LogP contribution in [-0.4, -0.2) is 65.4 Å². The van der Waals surface area contributed by atoms with Gasteiger partial charge in [-0.2, -0.15) is 0 Å². The molecule has 1 heterocycles. The molecule has 8 nitrogen and oxygen atoms in total. The Kier molecular flexibility index (Phi) is 6.53. The lowest BCUT2D eigenvalue weighted by molar-refractivity contribution is -0.153. The van der Waals surface area contributed by atoms with Crippen molar-refractivity contribution in [3.05, 3.63) is 0 Å². The number of urea groups is 1. The molecule has 4 amide bonds. The molecule has 1 N–H and O–H groups in total. The van der Waals surface area contributed by atoms with E-state index in [0.717, 1.165) is 4.90 Å². The van der Waals surface area contributed by atoms with Crippen molar-refractivity contribution in [1.82, 2.24) is 15.1 Å². The van der Waals surface area contributed by atoms with Crippen LogP contribution in [0.25, 0.3) is 0 Å². The third kappa shape index (κ3) is 4.00. The van der Waals surface area contributed by atoms with Gasteiger partial charge in [-0.1, -0.05) is 13.8 Å². The first kappa shape index (κ1) is 18.9. The lowest BCUT2D eigenvalue weighted by Crippen LogP contribution is -2.46. The summed E-state index contributed by atoms with van der Waals surface area (Å²) in [6.07, 6.45) is 0.889. The van der Waals surface area contributed by atoms with Crippen LogP contribution in [-0.2, 0) is 19.1 Å². The number of rotatable bonds is 8. The molecule has 1 fully saturated rings. The van der Waals surface area contributed by atoms with Gasteiger partial charge in [0.1, 0.15) is 12.1 Å². The van der Waals surface area contributed by atoms with Crippen LogP contribution >= 0.6 is 0 Å². The van der Waals surface area contributed by atoms with E-state index in [1.165, 1.54) is 4.90 Å². The van der Waals surface area contributed by atoms with E-state index in [4.69, 9.17) is 4.74 Å². The van der Waals surface area contributed by atoms with Gasteiger partial charge < -0.3 is 15.0 Å². The first-order valence-corrected chi connectivity index (χ1v) is 7.92. The van der Waals surface area contributed by atoms with Crippen LogP contribution < -0.4 is 5.32 Å². The zero-order chi connectivity index (χ0) is 17.6. The summed E-state index contributed by atoms with van der Waals surface area (Å²) in [4.78, 5) is 50.2. The summed E-state index contributed by atoms with van der Waals surface area (Å²) in [5.41, 5.74) is -0.950. The molecule has 130 valence electrons. The van der Waals surface area contributed by atoms with Crippen molar-refractivity contribution in [3.63, 3.8) is 0 Å². The number of carbonyl (C=O) groups is 4. The Bertz CT molecular complexity index is 484. The third-order valence-corrected chi connectivity index (χ3v) is 4.21. The van der Waals surface area contributed by atoms with Crippen molar-refractivity contribution < 1.29 is 23.9 Å². The Balaban J connectivity index is 2.60. The van der Waals surface area contributed by atoms with Crippen molar-refractivity contribution in [2.45, 2.75) is 46.1 Å². The van der Waals surface area contributed by atoms with E-state index in [0.29, 0.717) is 25.9 Å². The first-order chi connectivity index (χ1) is 10.8. The Labute approximate surface area is 136 Å². The maximum absolute atomic E-state index is 12.3. The second-order valence-electron chi connectivity index (χ2n) is 5.34. The van der Waals surface area contributed by atoms with Gasteiger partial charge >= 0.3 is 12.0 Å². The van der Waals surface area contributed by atoms with E-state index in [1.807, 2.05) is 13.8 Å². The van der Waals surface area contributed by atoms with Crippen LogP contribution in [0.5, 0.6) is 0 Å². The largest absolute Gasteiger partial charge is 0.454 e. The van der Waals surface area contributed by atoms with Crippen molar-refractivity contribution >= 4 is 23.8 Å². The van der Waals surface area contributed by atoms with Gasteiger partial charge in [0.2, 0.25) is 0 Å². The Morgan fingerprint density at radius 2 is 1.70 bits per heavy atom. The van der Waals surface area contributed by atoms with Gasteiger partial charge in [0, 0.05) is 13.1 Å². The van der Waals surface area contributed by atoms with Crippen LogP contribution in [0.3, 0.4) is 0 Å². The molecule has 0 bridgehead atoms. The van der Waals surface area contributed by atoms with Crippen molar-refractivity contribution in [2.24, 2.45) is 0 Å². The highest BCUT2D eigenvalue weighted by atomic mass is 16.5. The van der Waals surface area contributed by atoms with Crippen LogP contribution in [0.4, 0.5) is 4.79 Å². The maximum atomic E-state index is 12.3. The summed E-state index contributed by atoms with van der Waals surface area (Å²) in [6.45, 7) is 7.41. The summed E-state index contributed by atoms with van der Waals surface area (Å²) in [6, 6.07) is -0.606. The molecular weight excluding hydrogens is 302 g/mol. The molecule has 0 atom stereocenters. The maximum Gasteiger partial charge on any atom is 0.326 e. The molecule has 1 aliphatic rings. The molecule has 0 spiro atoms. The Morgan fingerprint density at radius 1 is 1.13 bits per heavy atom. The van der Waals surface area contributed by atoms with Gasteiger partial charge in [-0.15, -0.1) is 0 Å². The number of hydrogen-bond acceptors (Lipinski definition) is 5. The second-order valence-corrected chi connectivity index (χ2v) is 5.34. The molecule has 1 aliphatic heterocycles. The molecule has 1 saturated heterocycles. The molecule has 0 unspecified atom stereocenters. The highest BCUT2D eigenvalue weighted by Gasteiger charge is 2.49. The average molecular weight is 327 g/mol. The fourth-order valence-electron chi connectivity index (χ4n) is 2.53. The van der Waals surface area contributed by atoms with Crippen molar-refractivity contribution in [3.8, 4) is 0 Å². The summed E-state index contributed by atoms with van der Waals surface area (Å²) < 4.78 is 4.88. The van der Waals surface area contributed by atoms with Gasteiger partial charge in [-0.05, 0) is 26.7 Å². The topological polar surface area (TPSA) is 96.0 Å². The molecular formula is C15H25N3O5. The lowest BCUT2D eigenvalue weighted by atomic mass is 9.93. The van der Waals surface area contributed by atoms with Crippen LogP contribution in [0, 0.1) is 0 Å². The number of imide groups is 1. The summed E-state index contributed by atoms with van der Waals surface area (Å²) in [5.74, 6) is -1.52. The fraction of sp³-hybridized carbons (Fsp3) is 0.733. The van der Waals surface area contributed by atoms with Crippen LogP contribution in [0.2, 0.25) is 0 Å². The van der Waals surface area contributed by atoms with Gasteiger partial charge in [0.05, 0.1) is 0 Å². The highest BCUT2D eigenvalue weighted by Crippen LogP contribution is 2.24. The number of ether oxygens (including phenoxy) is 1. The smallest absolute Gasteiger partial charge is 0.326 e. The quantitative estimate of drug-likeness (QED) is 0.517. The predicted octanol–water partition coefficient (Wildman–Crippen LogP) is 0.509. The summed E-state index contributed by atoms with van der Waals surface area (Å²) in [5, 5.41) is 2.63. The number of amides is 4. The van der Waals surface area contributed by atoms with Gasteiger partial charge in [0.25, 0.3) is 11.8 Å². The molecule has 0 saturated carbocycles. The van der Waals surface area contributed by atoms with E-state index in [9.17, 15) is 19.2 Å². The molecule has 0 aromatic carbocycles. The lowest BCUT2D eigenvalue weighted by Gasteiger charge is -2.23. The van der Waals surface area contributed by atoms with Crippen LogP contribution in [0.1, 0.15) is 40.5 Å². The molecule has 0 aliphatic carbocycles. The monoisotopic (exact) mass is 327 g/mol. The van der Waals surface area contributed by atoms with E-state index in [-0.39, 0.29) is 5.91 Å². The highest BCUT2D eigenvalue weighted by molar-refractivity contribution is 6.08. The van der Waals surface area contributed by atoms with E-state index < -0.39 is 36.6 Å². The standard InChI is InChI=1S/C15H25N3O5/c1-5-15(6-2)13(21)18(14(22)16-15)9-12(20)23-10-11(19)17(7-3)8-4/h5-10H2,1-4H3,(H,16,22). The van der Waals surface area contributed by atoms with Gasteiger partial charge in [-0.3, -0.25) is 19.3 Å². The van der Waals surface area contributed by atoms with Gasteiger partial charge in [0.15, 0.2) is 6.61 Å². The minimum atomic E-state index is -0.950. The minimum absolute atomic E-state index is 0.308. The van der Waals surface area contributed by atoms with Crippen molar-refractivity contribution in [2.75, 3.05) is 26.2 Å². The normalized spacial score (nSPS) is 16.3. The molecule has 23 heavy (non-hydrogen) atoms. The molecule has 0 radical (unpaired) electrons. The number of likely N-dealkylation sites (N-methyl/N-ethyl adjacent to an activating group) is 1. The number of esters is 1. The Hall–Kier alpha value is -2.12. The van der Waals surface area contributed by atoms with Gasteiger partial charge in [-0.25, -0.2) is 4.79 Å². The van der Waals surface area contributed by atoms with Crippen molar-refractivity contribution in [1.29, 1.82) is 0 Å². The second kappa shape index (κ2) is 7.94. The SMILES string of the molecule is CCN(CC)C(=O)COC(=O)CN1C(=O)NC(CC)(CC)C1=O. The molecule has 0 aromatic heterocycles. The molecule has 0 aromatic rings. The number of nitrogens with zero attached hydrogens (tertiary/aromatic N) is 2. The van der Waals surface area contributed by atoms with E-state index in [1.54, 1.807) is 13.8 Å². The first-order valence-electron chi connectivity index (χ1n) is 7.92. The predicted molar refractivity (Wildman–Crippen MR) is 82.4 cm³/mol. The summed E-state index contributed by atoms with van der Waals surface area (Å²) in [7, 11) is 0. The third-order valence-electron chi connectivity index (χ3n) is 4.21. The minimum Gasteiger partial charge on any atom is -0.454 e. The molecule has 1 rings (SSSR count). The summed E-state index contributed by atoms with van der Waals surface area (Å²) >= 11 is 0. The number of carbonyl (C=O) groups excluding carboxylic acids is 4. The number of hydrogen-bond donors (Lipinski definition) is 1. The van der Waals surface area contributed by atoms with Crippen LogP contribution in [0.15, 0.2) is 0 Å². The zero-order valence-electron chi connectivity index (χ0n) is 14.2. The average Bonchev–Trinajstić information content (AvgIpc) is 2.78.